The van der Waals surface area contributed by atoms with Crippen LogP contribution in [-0.2, 0) is 23.9 Å². The molecule has 28 heavy (non-hydrogen) atoms. The first kappa shape index (κ1) is 18.7. The molecule has 1 aromatic rings. The van der Waals surface area contributed by atoms with Crippen LogP contribution in [0.5, 0.6) is 0 Å². The average Bonchev–Trinajstić information content (AvgIpc) is 3.37. The normalized spacial score (nSPS) is 29.0. The first-order valence-electron chi connectivity index (χ1n) is 9.81. The number of benzene rings is 1. The Morgan fingerprint density at radius 3 is 2.32 bits per heavy atom. The van der Waals surface area contributed by atoms with Gasteiger partial charge in [-0.3, -0.25) is 24.1 Å². The molecule has 2 aliphatic carbocycles. The second-order valence-corrected chi connectivity index (χ2v) is 8.01. The fourth-order valence-corrected chi connectivity index (χ4v) is 5.06. The maximum atomic E-state index is 12.6. The maximum Gasteiger partial charge on any atom is 0.326 e. The van der Waals surface area contributed by atoms with Crippen LogP contribution in [0.4, 0.5) is 0 Å². The van der Waals surface area contributed by atoms with Crippen molar-refractivity contribution in [3.8, 4) is 0 Å². The molecule has 1 heterocycles. The number of nitrogens with zero attached hydrogens (tertiary/aromatic N) is 1. The second kappa shape index (κ2) is 7.37. The predicted octanol–water partition coefficient (Wildman–Crippen LogP) is 1.44. The van der Waals surface area contributed by atoms with E-state index < -0.39 is 25.0 Å². The number of carbonyl (C=O) groups excluding carboxylic acids is 4. The van der Waals surface area contributed by atoms with Crippen molar-refractivity contribution in [2.45, 2.75) is 32.2 Å². The number of amides is 3. The fraction of sp³-hybridized carbons (Fsp3) is 0.524. The molecule has 3 amide bonds. The molecule has 0 radical (unpaired) electrons. The van der Waals surface area contributed by atoms with Gasteiger partial charge in [-0.15, -0.1) is 0 Å². The quantitative estimate of drug-likeness (QED) is 0.592. The van der Waals surface area contributed by atoms with Crippen molar-refractivity contribution in [3.63, 3.8) is 0 Å². The first-order valence-corrected chi connectivity index (χ1v) is 9.81. The Morgan fingerprint density at radius 1 is 1.11 bits per heavy atom. The molecular weight excluding hydrogens is 360 g/mol. The van der Waals surface area contributed by atoms with E-state index in [9.17, 15) is 19.2 Å². The van der Waals surface area contributed by atoms with E-state index in [-0.39, 0.29) is 41.5 Å². The number of imide groups is 1. The molecule has 7 nitrogen and oxygen atoms in total. The summed E-state index contributed by atoms with van der Waals surface area (Å²) in [6.45, 7) is 0.986. The van der Waals surface area contributed by atoms with E-state index in [1.165, 1.54) is 0 Å². The fourth-order valence-electron chi connectivity index (χ4n) is 5.06. The van der Waals surface area contributed by atoms with E-state index >= 15 is 0 Å². The Bertz CT molecular complexity index is 780. The van der Waals surface area contributed by atoms with Crippen molar-refractivity contribution in [1.82, 2.24) is 10.2 Å². The van der Waals surface area contributed by atoms with Gasteiger partial charge in [0, 0.05) is 0 Å². The van der Waals surface area contributed by atoms with Crippen LogP contribution >= 0.6 is 0 Å². The molecule has 3 fully saturated rings. The van der Waals surface area contributed by atoms with Gasteiger partial charge in [-0.05, 0) is 43.6 Å². The van der Waals surface area contributed by atoms with Crippen LogP contribution in [-0.4, -0.2) is 41.7 Å². The van der Waals surface area contributed by atoms with E-state index in [0.717, 1.165) is 29.7 Å². The Morgan fingerprint density at radius 2 is 1.71 bits per heavy atom. The predicted molar refractivity (Wildman–Crippen MR) is 98.5 cm³/mol. The van der Waals surface area contributed by atoms with Gasteiger partial charge >= 0.3 is 5.97 Å². The number of hydrogen-bond acceptors (Lipinski definition) is 5. The lowest BCUT2D eigenvalue weighted by Crippen LogP contribution is -2.39. The molecular formula is C21H24N2O5. The number of esters is 1. The molecule has 7 heteroatoms. The summed E-state index contributed by atoms with van der Waals surface area (Å²) in [4.78, 5) is 50.3. The summed E-state index contributed by atoms with van der Waals surface area (Å²) in [7, 11) is 0. The average molecular weight is 384 g/mol. The summed E-state index contributed by atoms with van der Waals surface area (Å²) in [5.74, 6) is -1.63. The highest BCUT2D eigenvalue weighted by Crippen LogP contribution is 2.56. The Labute approximate surface area is 163 Å². The summed E-state index contributed by atoms with van der Waals surface area (Å²) in [5, 5.41) is 2.75. The van der Waals surface area contributed by atoms with Crippen molar-refractivity contribution in [3.05, 3.63) is 35.9 Å². The SMILES string of the molecule is C[C@H](NC(=O)COC(=O)CN1C(=O)[C@H]2[C@@H]3CC[C@@H](C3)[C@@H]2C1=O)c1ccccc1. The van der Waals surface area contributed by atoms with Crippen LogP contribution in [0.2, 0.25) is 0 Å². The molecule has 5 atom stereocenters. The monoisotopic (exact) mass is 384 g/mol. The van der Waals surface area contributed by atoms with Gasteiger partial charge in [-0.2, -0.15) is 0 Å². The third-order valence-corrected chi connectivity index (χ3v) is 6.35. The summed E-state index contributed by atoms with van der Waals surface area (Å²) in [6, 6.07) is 9.22. The zero-order valence-corrected chi connectivity index (χ0v) is 15.8. The Hall–Kier alpha value is -2.70. The van der Waals surface area contributed by atoms with Crippen LogP contribution in [0, 0.1) is 23.7 Å². The van der Waals surface area contributed by atoms with Gasteiger partial charge in [0.05, 0.1) is 17.9 Å². The van der Waals surface area contributed by atoms with Gasteiger partial charge in [0.1, 0.15) is 6.54 Å². The molecule has 148 valence electrons. The highest BCUT2D eigenvalue weighted by Gasteiger charge is 2.61. The summed E-state index contributed by atoms with van der Waals surface area (Å²) < 4.78 is 4.99. The number of ether oxygens (including phenoxy) is 1. The molecule has 4 rings (SSSR count). The molecule has 3 aliphatic rings. The highest BCUT2D eigenvalue weighted by molar-refractivity contribution is 6.07. The third kappa shape index (κ3) is 3.30. The van der Waals surface area contributed by atoms with Crippen molar-refractivity contribution in [1.29, 1.82) is 0 Å². The summed E-state index contributed by atoms with van der Waals surface area (Å²) in [6.07, 6.45) is 2.93. The van der Waals surface area contributed by atoms with Gasteiger partial charge in [0.2, 0.25) is 11.8 Å². The van der Waals surface area contributed by atoms with E-state index in [1.54, 1.807) is 0 Å². The Balaban J connectivity index is 1.26. The van der Waals surface area contributed by atoms with Crippen LogP contribution in [0.15, 0.2) is 30.3 Å². The molecule has 1 aromatic carbocycles. The van der Waals surface area contributed by atoms with Crippen LogP contribution in [0.25, 0.3) is 0 Å². The van der Waals surface area contributed by atoms with Gasteiger partial charge in [0.25, 0.3) is 5.91 Å². The van der Waals surface area contributed by atoms with Gasteiger partial charge in [-0.1, -0.05) is 30.3 Å². The van der Waals surface area contributed by atoms with E-state index in [4.69, 9.17) is 4.74 Å². The molecule has 1 aliphatic heterocycles. The van der Waals surface area contributed by atoms with Crippen molar-refractivity contribution in [2.24, 2.45) is 23.7 Å². The highest BCUT2D eigenvalue weighted by atomic mass is 16.5. The number of rotatable bonds is 6. The Kier molecular flexibility index (Phi) is 4.91. The molecule has 2 saturated carbocycles. The zero-order chi connectivity index (χ0) is 19.8. The maximum absolute atomic E-state index is 12.6. The second-order valence-electron chi connectivity index (χ2n) is 8.01. The lowest BCUT2D eigenvalue weighted by atomic mass is 9.81. The number of carbonyl (C=O) groups is 4. The van der Waals surface area contributed by atoms with E-state index in [0.29, 0.717) is 0 Å². The topological polar surface area (TPSA) is 92.8 Å². The lowest BCUT2D eigenvalue weighted by molar-refractivity contribution is -0.155. The van der Waals surface area contributed by atoms with Gasteiger partial charge in [-0.25, -0.2) is 0 Å². The number of nitrogens with one attached hydrogen (secondary N) is 1. The number of hydrogen-bond donors (Lipinski definition) is 1. The summed E-state index contributed by atoms with van der Waals surface area (Å²) in [5.41, 5.74) is 0.941. The molecule has 2 bridgehead atoms. The largest absolute Gasteiger partial charge is 0.454 e. The van der Waals surface area contributed by atoms with Gasteiger partial charge < -0.3 is 10.1 Å². The van der Waals surface area contributed by atoms with Crippen molar-refractivity contribution < 1.29 is 23.9 Å². The van der Waals surface area contributed by atoms with E-state index in [2.05, 4.69) is 5.32 Å². The van der Waals surface area contributed by atoms with Crippen LogP contribution in [0.3, 0.4) is 0 Å². The molecule has 1 N–H and O–H groups in total. The zero-order valence-electron chi connectivity index (χ0n) is 15.8. The first-order chi connectivity index (χ1) is 13.5. The standard InChI is InChI=1S/C21H24N2O5/c1-12(13-5-3-2-4-6-13)22-16(24)11-28-17(25)10-23-20(26)18-14-7-8-15(9-14)19(18)21(23)27/h2-6,12,14-15,18-19H,7-11H2,1H3,(H,22,24)/t12-,14-,15+,18-,19-/m0/s1. The minimum absolute atomic E-state index is 0.219. The van der Waals surface area contributed by atoms with Crippen LogP contribution < -0.4 is 5.32 Å². The van der Waals surface area contributed by atoms with Gasteiger partial charge in [0.15, 0.2) is 6.61 Å². The lowest BCUT2D eigenvalue weighted by Gasteiger charge is -2.19. The molecule has 0 unspecified atom stereocenters. The summed E-state index contributed by atoms with van der Waals surface area (Å²) >= 11 is 0. The van der Waals surface area contributed by atoms with Crippen LogP contribution in [0.1, 0.15) is 37.8 Å². The molecule has 0 aromatic heterocycles. The van der Waals surface area contributed by atoms with Crippen molar-refractivity contribution >= 4 is 23.7 Å². The minimum atomic E-state index is -0.739. The minimum Gasteiger partial charge on any atom is -0.454 e. The third-order valence-electron chi connectivity index (χ3n) is 6.35. The number of likely N-dealkylation sites (tertiary alicyclic amines) is 1. The smallest absolute Gasteiger partial charge is 0.326 e. The molecule has 1 saturated heterocycles. The number of fused-ring (bicyclic) bond motifs is 5. The molecule has 0 spiro atoms. The van der Waals surface area contributed by atoms with E-state index in [1.807, 2.05) is 37.3 Å². The van der Waals surface area contributed by atoms with Crippen molar-refractivity contribution in [2.75, 3.05) is 13.2 Å².